The molecular weight excluding hydrogens is 446 g/mol. The first-order valence-electron chi connectivity index (χ1n) is 11.4. The van der Waals surface area contributed by atoms with Gasteiger partial charge in [-0.2, -0.15) is 0 Å². The average molecular weight is 484 g/mol. The first kappa shape index (κ1) is 28.9. The smallest absolute Gasteiger partial charge is 0.322 e. The molecule has 0 aromatic carbocycles. The summed E-state index contributed by atoms with van der Waals surface area (Å²) in [6, 6.07) is -3.49. The van der Waals surface area contributed by atoms with E-state index in [-0.39, 0.29) is 24.2 Å². The maximum absolute atomic E-state index is 12.8. The zero-order valence-corrected chi connectivity index (χ0v) is 20.7. The van der Waals surface area contributed by atoms with E-state index in [1.807, 2.05) is 13.8 Å². The number of hydrogen-bond acceptors (Lipinski definition) is 6. The molecule has 5 amide bonds. The highest BCUT2D eigenvalue weighted by atomic mass is 16.4. The molecule has 0 saturated carbocycles. The van der Waals surface area contributed by atoms with E-state index in [0.29, 0.717) is 19.4 Å². The quantitative estimate of drug-likeness (QED) is 0.295. The summed E-state index contributed by atoms with van der Waals surface area (Å²) in [6.45, 7) is 7.98. The van der Waals surface area contributed by atoms with E-state index in [1.54, 1.807) is 0 Å². The van der Waals surface area contributed by atoms with Crippen LogP contribution in [-0.2, 0) is 28.8 Å². The van der Waals surface area contributed by atoms with Crippen molar-refractivity contribution in [1.82, 2.24) is 25.8 Å². The van der Waals surface area contributed by atoms with Crippen LogP contribution in [0.15, 0.2) is 0 Å². The van der Waals surface area contributed by atoms with Gasteiger partial charge in [0.25, 0.3) is 0 Å². The van der Waals surface area contributed by atoms with Crippen molar-refractivity contribution in [2.45, 2.75) is 78.0 Å². The Morgan fingerprint density at radius 3 is 2.15 bits per heavy atom. The van der Waals surface area contributed by atoms with Gasteiger partial charge in [0.05, 0.1) is 0 Å². The molecule has 0 unspecified atom stereocenters. The summed E-state index contributed by atoms with van der Waals surface area (Å²) in [6.07, 6.45) is 1.51. The summed E-state index contributed by atoms with van der Waals surface area (Å²) < 4.78 is 0. The minimum Gasteiger partial charge on any atom is -0.480 e. The van der Waals surface area contributed by atoms with Crippen LogP contribution < -0.4 is 16.0 Å². The maximum Gasteiger partial charge on any atom is 0.322 e. The van der Waals surface area contributed by atoms with Crippen LogP contribution in [0.1, 0.15) is 53.9 Å². The second-order valence-corrected chi connectivity index (χ2v) is 9.03. The van der Waals surface area contributed by atoms with Gasteiger partial charge in [0.1, 0.15) is 30.7 Å². The molecule has 12 heteroatoms. The molecule has 0 aromatic heterocycles. The minimum absolute atomic E-state index is 0.0376. The molecule has 0 radical (unpaired) electrons. The molecule has 0 aromatic rings. The van der Waals surface area contributed by atoms with E-state index in [4.69, 9.17) is 5.11 Å². The minimum atomic E-state index is -1.21. The van der Waals surface area contributed by atoms with Crippen molar-refractivity contribution in [3.8, 4) is 0 Å². The number of carbonyl (C=O) groups is 6. The molecular formula is C22H37N5O7. The highest BCUT2D eigenvalue weighted by Gasteiger charge is 2.37. The number of nitrogens with one attached hydrogen (secondary N) is 3. The highest BCUT2D eigenvalue weighted by Crippen LogP contribution is 2.20. The summed E-state index contributed by atoms with van der Waals surface area (Å²) in [5.41, 5.74) is 0. The van der Waals surface area contributed by atoms with Crippen molar-refractivity contribution < 1.29 is 33.9 Å². The summed E-state index contributed by atoms with van der Waals surface area (Å²) in [5.74, 6) is -3.54. The van der Waals surface area contributed by atoms with Crippen LogP contribution in [0.3, 0.4) is 0 Å². The van der Waals surface area contributed by atoms with Crippen molar-refractivity contribution >= 4 is 35.5 Å². The van der Waals surface area contributed by atoms with Crippen LogP contribution in [0.5, 0.6) is 0 Å². The van der Waals surface area contributed by atoms with E-state index < -0.39 is 54.4 Å². The lowest BCUT2D eigenvalue weighted by atomic mass is 10.0. The van der Waals surface area contributed by atoms with Gasteiger partial charge in [0.15, 0.2) is 0 Å². The molecule has 0 aliphatic carbocycles. The molecule has 1 saturated heterocycles. The molecule has 34 heavy (non-hydrogen) atoms. The number of carbonyl (C=O) groups excluding carboxylic acids is 5. The molecule has 1 aliphatic rings. The Kier molecular flexibility index (Phi) is 10.9. The number of likely N-dealkylation sites (N-methyl/N-ethyl adjacent to an activating group) is 1. The van der Waals surface area contributed by atoms with E-state index in [9.17, 15) is 28.8 Å². The normalized spacial score (nSPS) is 18.0. The van der Waals surface area contributed by atoms with E-state index in [0.717, 1.165) is 0 Å². The molecule has 1 aliphatic heterocycles. The number of hydrogen-bond donors (Lipinski definition) is 4. The lowest BCUT2D eigenvalue weighted by Gasteiger charge is -2.31. The number of aliphatic carboxylic acids is 1. The largest absolute Gasteiger partial charge is 0.480 e. The van der Waals surface area contributed by atoms with Crippen molar-refractivity contribution in [2.24, 2.45) is 5.92 Å². The number of rotatable bonds is 11. The molecule has 1 heterocycles. The van der Waals surface area contributed by atoms with Crippen molar-refractivity contribution in [3.63, 3.8) is 0 Å². The van der Waals surface area contributed by atoms with Gasteiger partial charge in [-0.1, -0.05) is 13.8 Å². The molecule has 0 spiro atoms. The fourth-order valence-corrected chi connectivity index (χ4v) is 3.69. The monoisotopic (exact) mass is 483 g/mol. The molecule has 0 bridgehead atoms. The van der Waals surface area contributed by atoms with Gasteiger partial charge in [-0.25, -0.2) is 0 Å². The predicted molar refractivity (Wildman–Crippen MR) is 122 cm³/mol. The van der Waals surface area contributed by atoms with Gasteiger partial charge in [-0.3, -0.25) is 28.8 Å². The molecule has 192 valence electrons. The SMILES string of the molecule is CC(=O)N1CCC[C@H]1C(=O)N(C)[C@@H](C)C(=O)N[C@@H](C)C(=O)N[C@@H](CC(C)C)C(=O)NCC(=O)O. The third-order valence-electron chi connectivity index (χ3n) is 5.76. The Morgan fingerprint density at radius 2 is 1.62 bits per heavy atom. The van der Waals surface area contributed by atoms with Crippen LogP contribution in [0.25, 0.3) is 0 Å². The Balaban J connectivity index is 2.73. The molecule has 4 atom stereocenters. The first-order valence-corrected chi connectivity index (χ1v) is 11.4. The van der Waals surface area contributed by atoms with Crippen LogP contribution in [-0.4, -0.2) is 94.7 Å². The van der Waals surface area contributed by atoms with Crippen LogP contribution in [0, 0.1) is 5.92 Å². The average Bonchev–Trinajstić information content (AvgIpc) is 3.25. The van der Waals surface area contributed by atoms with Gasteiger partial charge in [0, 0.05) is 20.5 Å². The number of nitrogens with zero attached hydrogens (tertiary/aromatic N) is 2. The number of amides is 5. The number of carboxylic acid groups (broad SMARTS) is 1. The van der Waals surface area contributed by atoms with Crippen molar-refractivity contribution in [3.05, 3.63) is 0 Å². The molecule has 4 N–H and O–H groups in total. The van der Waals surface area contributed by atoms with Crippen LogP contribution >= 0.6 is 0 Å². The van der Waals surface area contributed by atoms with Crippen molar-refractivity contribution in [1.29, 1.82) is 0 Å². The van der Waals surface area contributed by atoms with Crippen molar-refractivity contribution in [2.75, 3.05) is 20.1 Å². The number of carboxylic acids is 1. The van der Waals surface area contributed by atoms with E-state index in [1.165, 1.54) is 37.6 Å². The lowest BCUT2D eigenvalue weighted by Crippen LogP contribution is -2.57. The second-order valence-electron chi connectivity index (χ2n) is 9.03. The molecule has 12 nitrogen and oxygen atoms in total. The van der Waals surface area contributed by atoms with Gasteiger partial charge < -0.3 is 30.9 Å². The zero-order valence-electron chi connectivity index (χ0n) is 20.7. The maximum atomic E-state index is 12.8. The lowest BCUT2D eigenvalue weighted by molar-refractivity contribution is -0.146. The third-order valence-corrected chi connectivity index (χ3v) is 5.76. The summed E-state index contributed by atoms with van der Waals surface area (Å²) in [5, 5.41) is 16.1. The topological polar surface area (TPSA) is 165 Å². The highest BCUT2D eigenvalue weighted by molar-refractivity contribution is 5.95. The van der Waals surface area contributed by atoms with E-state index in [2.05, 4.69) is 16.0 Å². The zero-order chi connectivity index (χ0) is 26.2. The fraction of sp³-hybridized carbons (Fsp3) is 0.727. The van der Waals surface area contributed by atoms with Gasteiger partial charge >= 0.3 is 5.97 Å². The standard InChI is InChI=1S/C22H37N5O7/c1-12(2)10-16(21(33)23-11-18(29)30)25-19(31)13(3)24-20(32)14(4)26(6)22(34)17-8-7-9-27(17)15(5)28/h12-14,16-17H,7-11H2,1-6H3,(H,23,33)(H,24,32)(H,25,31)(H,29,30)/t13-,14-,16-,17-/m0/s1. The van der Waals surface area contributed by atoms with Crippen LogP contribution in [0.4, 0.5) is 0 Å². The Morgan fingerprint density at radius 1 is 1.00 bits per heavy atom. The Hall–Kier alpha value is -3.18. The van der Waals surface area contributed by atoms with Gasteiger partial charge in [0.2, 0.25) is 29.5 Å². The van der Waals surface area contributed by atoms with Gasteiger partial charge in [-0.05, 0) is 39.0 Å². The molecule has 1 rings (SSSR count). The van der Waals surface area contributed by atoms with Gasteiger partial charge in [-0.15, -0.1) is 0 Å². The van der Waals surface area contributed by atoms with Crippen LogP contribution in [0.2, 0.25) is 0 Å². The molecule has 1 fully saturated rings. The fourth-order valence-electron chi connectivity index (χ4n) is 3.69. The summed E-state index contributed by atoms with van der Waals surface area (Å²) >= 11 is 0. The Bertz CT molecular complexity index is 801. The van der Waals surface area contributed by atoms with E-state index >= 15 is 0 Å². The first-order chi connectivity index (χ1) is 15.8. The Labute approximate surface area is 199 Å². The third kappa shape index (κ3) is 8.31. The second kappa shape index (κ2) is 12.9. The summed E-state index contributed by atoms with van der Waals surface area (Å²) in [4.78, 5) is 75.7. The number of likely N-dealkylation sites (tertiary alicyclic amines) is 1. The summed E-state index contributed by atoms with van der Waals surface area (Å²) in [7, 11) is 1.47. The predicted octanol–water partition coefficient (Wildman–Crippen LogP) is -0.919.